The summed E-state index contributed by atoms with van der Waals surface area (Å²) in [5, 5.41) is 3.41. The maximum absolute atomic E-state index is 13.9. The van der Waals surface area contributed by atoms with Gasteiger partial charge < -0.3 is 10.1 Å². The number of rotatable bonds is 5. The summed E-state index contributed by atoms with van der Waals surface area (Å²) in [4.78, 5) is 27.4. The fraction of sp³-hybridized carbons (Fsp3) is 0.375. The number of carbonyl (C=O) groups excluding carboxylic acids is 2. The molecule has 3 aliphatic rings. The predicted molar refractivity (Wildman–Crippen MR) is 144 cm³/mol. The van der Waals surface area contributed by atoms with Gasteiger partial charge in [0.05, 0.1) is 11.3 Å². The quantitative estimate of drug-likeness (QED) is 0.477. The molecule has 4 heteroatoms. The third kappa shape index (κ3) is 4.45. The number of esters is 1. The van der Waals surface area contributed by atoms with Crippen LogP contribution in [0, 0.1) is 23.7 Å². The number of benzene rings is 2. The van der Waals surface area contributed by atoms with Crippen molar-refractivity contribution in [2.75, 3.05) is 0 Å². The van der Waals surface area contributed by atoms with E-state index < -0.39 is 5.92 Å². The smallest absolute Gasteiger partial charge is 0.337 e. The van der Waals surface area contributed by atoms with Crippen molar-refractivity contribution in [2.45, 2.75) is 53.1 Å². The van der Waals surface area contributed by atoms with Crippen LogP contribution in [-0.2, 0) is 9.53 Å². The van der Waals surface area contributed by atoms with Gasteiger partial charge in [-0.05, 0) is 43.1 Å². The van der Waals surface area contributed by atoms with Crippen LogP contribution < -0.4 is 5.32 Å². The van der Waals surface area contributed by atoms with Crippen molar-refractivity contribution < 1.29 is 14.3 Å². The van der Waals surface area contributed by atoms with Gasteiger partial charge in [0.15, 0.2) is 5.78 Å². The van der Waals surface area contributed by atoms with Gasteiger partial charge in [-0.1, -0.05) is 93.9 Å². The molecule has 4 nitrogen and oxygen atoms in total. The fourth-order valence-corrected chi connectivity index (χ4v) is 6.06. The van der Waals surface area contributed by atoms with E-state index in [1.165, 1.54) is 6.42 Å². The normalized spacial score (nSPS) is 25.8. The highest BCUT2D eigenvalue weighted by Gasteiger charge is 2.42. The van der Waals surface area contributed by atoms with Crippen molar-refractivity contribution in [3.8, 4) is 0 Å². The van der Waals surface area contributed by atoms with Crippen LogP contribution in [0.1, 0.15) is 68.4 Å². The minimum absolute atomic E-state index is 0.0278. The molecular formula is C32H35NO3. The number of hydrogen-bond donors (Lipinski definition) is 1. The first-order chi connectivity index (χ1) is 17.3. The molecule has 0 radical (unpaired) electrons. The summed E-state index contributed by atoms with van der Waals surface area (Å²) in [5.41, 5.74) is 5.29. The lowest BCUT2D eigenvalue weighted by Crippen LogP contribution is -2.38. The minimum atomic E-state index is -0.479. The lowest BCUT2D eigenvalue weighted by atomic mass is 9.75. The van der Waals surface area contributed by atoms with Crippen LogP contribution in [0.5, 0.6) is 0 Å². The number of allylic oxidation sites excluding steroid dienone is 3. The van der Waals surface area contributed by atoms with Crippen LogP contribution >= 0.6 is 0 Å². The van der Waals surface area contributed by atoms with E-state index in [0.29, 0.717) is 34.5 Å². The number of nitrogens with one attached hydrogen (secondary N) is 1. The van der Waals surface area contributed by atoms with Crippen molar-refractivity contribution in [1.29, 1.82) is 0 Å². The topological polar surface area (TPSA) is 55.4 Å². The van der Waals surface area contributed by atoms with E-state index in [2.05, 4.69) is 26.1 Å². The van der Waals surface area contributed by atoms with Crippen molar-refractivity contribution >= 4 is 23.5 Å². The van der Waals surface area contributed by atoms with E-state index in [1.807, 2.05) is 73.7 Å². The van der Waals surface area contributed by atoms with E-state index in [1.54, 1.807) is 0 Å². The van der Waals surface area contributed by atoms with Gasteiger partial charge in [-0.3, -0.25) is 4.79 Å². The number of carbonyl (C=O) groups is 2. The second kappa shape index (κ2) is 9.93. The summed E-state index contributed by atoms with van der Waals surface area (Å²) in [6, 6.07) is 17.6. The Morgan fingerprint density at radius 2 is 1.72 bits per heavy atom. The molecule has 2 aliphatic carbocycles. The van der Waals surface area contributed by atoms with Crippen LogP contribution in [0.4, 0.5) is 0 Å². The van der Waals surface area contributed by atoms with E-state index in [4.69, 9.17) is 4.74 Å². The highest BCUT2D eigenvalue weighted by molar-refractivity contribution is 6.22. The third-order valence-corrected chi connectivity index (χ3v) is 8.01. The molecular weight excluding hydrogens is 446 g/mol. The zero-order valence-corrected chi connectivity index (χ0v) is 21.6. The average Bonchev–Trinajstić information content (AvgIpc) is 3.14. The molecule has 1 fully saturated rings. The molecule has 0 saturated heterocycles. The maximum Gasteiger partial charge on any atom is 0.337 e. The molecule has 2 aromatic rings. The molecule has 1 aliphatic heterocycles. The van der Waals surface area contributed by atoms with E-state index in [-0.39, 0.29) is 17.9 Å². The molecule has 1 saturated carbocycles. The van der Waals surface area contributed by atoms with Crippen molar-refractivity contribution in [3.05, 3.63) is 94.2 Å². The third-order valence-electron chi connectivity index (χ3n) is 8.01. The number of hydrogen-bond acceptors (Lipinski definition) is 4. The van der Waals surface area contributed by atoms with Crippen molar-refractivity contribution in [2.24, 2.45) is 23.7 Å². The van der Waals surface area contributed by atoms with Gasteiger partial charge in [0.25, 0.3) is 0 Å². The summed E-state index contributed by atoms with van der Waals surface area (Å²) < 4.78 is 6.28. The van der Waals surface area contributed by atoms with Crippen LogP contribution in [-0.4, -0.2) is 17.9 Å². The molecule has 0 aromatic heterocycles. The molecule has 0 unspecified atom stereocenters. The van der Waals surface area contributed by atoms with Gasteiger partial charge in [0, 0.05) is 28.3 Å². The summed E-state index contributed by atoms with van der Waals surface area (Å²) in [7, 11) is 0. The Morgan fingerprint density at radius 1 is 1.03 bits per heavy atom. The standard InChI is InChI=1S/C32H35NO3/c1-19(2)23-16-14-20(3)18-27(23)36-32(35)28-21(4)33-30-24-12-8-9-13-25(24)31(34)29(30)26(28)17-15-22-10-6-5-7-11-22/h5-13,15,17,19-20,23,26-27,33H,14,16,18H2,1-4H3/b17-15+/t20-,23+,26-,27-/m1/s1. The zero-order valence-electron chi connectivity index (χ0n) is 21.6. The molecule has 0 spiro atoms. The van der Waals surface area contributed by atoms with Gasteiger partial charge in [-0.25, -0.2) is 4.79 Å². The SMILES string of the molecule is CC1=C(C(=O)O[C@@H]2C[C@H](C)CC[C@H]2C(C)C)[C@@H](/C=C/c2ccccc2)C2=C(N1)c1ccccc1C2=O. The lowest BCUT2D eigenvalue weighted by Gasteiger charge is -2.37. The highest BCUT2D eigenvalue weighted by Crippen LogP contribution is 2.44. The maximum atomic E-state index is 13.9. The van der Waals surface area contributed by atoms with E-state index in [0.717, 1.165) is 35.4 Å². The van der Waals surface area contributed by atoms with Gasteiger partial charge in [0.2, 0.25) is 0 Å². The summed E-state index contributed by atoms with van der Waals surface area (Å²) >= 11 is 0. The number of ketones is 1. The Labute approximate surface area is 214 Å². The number of ether oxygens (including phenoxy) is 1. The molecule has 186 valence electrons. The molecule has 1 heterocycles. The Kier molecular flexibility index (Phi) is 6.70. The first-order valence-electron chi connectivity index (χ1n) is 13.2. The highest BCUT2D eigenvalue weighted by atomic mass is 16.5. The molecule has 2 aromatic carbocycles. The average molecular weight is 482 g/mol. The number of Topliss-reactive ketones (excluding diaryl/α,β-unsaturated/α-hetero) is 1. The van der Waals surface area contributed by atoms with E-state index >= 15 is 0 Å². The summed E-state index contributed by atoms with van der Waals surface area (Å²) in [5.74, 6) is 0.512. The Hall–Kier alpha value is -3.40. The Morgan fingerprint density at radius 3 is 2.44 bits per heavy atom. The lowest BCUT2D eigenvalue weighted by molar-refractivity contribution is -0.151. The Balaban J connectivity index is 1.52. The molecule has 5 rings (SSSR count). The monoisotopic (exact) mass is 481 g/mol. The number of fused-ring (bicyclic) bond motifs is 2. The van der Waals surface area contributed by atoms with Crippen molar-refractivity contribution in [1.82, 2.24) is 5.32 Å². The molecule has 1 N–H and O–H groups in total. The molecule has 36 heavy (non-hydrogen) atoms. The summed E-state index contributed by atoms with van der Waals surface area (Å²) in [6.07, 6.45) is 7.01. The van der Waals surface area contributed by atoms with Crippen LogP contribution in [0.25, 0.3) is 11.8 Å². The zero-order chi connectivity index (χ0) is 25.4. The van der Waals surface area contributed by atoms with Crippen LogP contribution in [0.3, 0.4) is 0 Å². The second-order valence-corrected chi connectivity index (χ2v) is 10.8. The van der Waals surface area contributed by atoms with Gasteiger partial charge >= 0.3 is 5.97 Å². The molecule has 0 amide bonds. The van der Waals surface area contributed by atoms with Gasteiger partial charge in [0.1, 0.15) is 6.10 Å². The van der Waals surface area contributed by atoms with Crippen LogP contribution in [0.2, 0.25) is 0 Å². The second-order valence-electron chi connectivity index (χ2n) is 10.8. The number of dihydropyridines is 1. The first kappa shape index (κ1) is 24.3. The largest absolute Gasteiger partial charge is 0.459 e. The molecule has 0 bridgehead atoms. The predicted octanol–water partition coefficient (Wildman–Crippen LogP) is 6.80. The first-order valence-corrected chi connectivity index (χ1v) is 13.2. The summed E-state index contributed by atoms with van der Waals surface area (Å²) in [6.45, 7) is 8.58. The fourth-order valence-electron chi connectivity index (χ4n) is 6.06. The van der Waals surface area contributed by atoms with Gasteiger partial charge in [-0.15, -0.1) is 0 Å². The van der Waals surface area contributed by atoms with E-state index in [9.17, 15) is 9.59 Å². The Bertz CT molecular complexity index is 1270. The van der Waals surface area contributed by atoms with Crippen LogP contribution in [0.15, 0.2) is 77.5 Å². The minimum Gasteiger partial charge on any atom is -0.459 e. The molecule has 4 atom stereocenters. The van der Waals surface area contributed by atoms with Gasteiger partial charge in [-0.2, -0.15) is 0 Å². The van der Waals surface area contributed by atoms with Crippen molar-refractivity contribution in [3.63, 3.8) is 0 Å².